The van der Waals surface area contributed by atoms with Gasteiger partial charge < -0.3 is 5.32 Å². The Morgan fingerprint density at radius 3 is 2.55 bits per heavy atom. The minimum Gasteiger partial charge on any atom is -0.349 e. The Hall–Kier alpha value is -2.17. The summed E-state index contributed by atoms with van der Waals surface area (Å²) < 4.78 is 0. The number of carbonyl (C=O) groups is 1. The van der Waals surface area contributed by atoms with Crippen molar-refractivity contribution in [3.05, 3.63) is 47.5 Å². The summed E-state index contributed by atoms with van der Waals surface area (Å²) in [6.07, 6.45) is 0. The fourth-order valence-corrected chi connectivity index (χ4v) is 1.86. The van der Waals surface area contributed by atoms with Crippen LogP contribution in [0, 0.1) is 0 Å². The smallest absolute Gasteiger partial charge is 0.290 e. The largest absolute Gasteiger partial charge is 0.349 e. The molecule has 0 aliphatic carbocycles. The summed E-state index contributed by atoms with van der Waals surface area (Å²) in [5.74, 6) is 1.17. The van der Waals surface area contributed by atoms with E-state index in [-0.39, 0.29) is 23.6 Å². The number of aromatic nitrogens is 3. The highest BCUT2D eigenvalue weighted by atomic mass is 16.2. The zero-order valence-corrected chi connectivity index (χ0v) is 12.1. The Morgan fingerprint density at radius 2 is 1.95 bits per heavy atom. The number of nitrogens with zero attached hydrogens (tertiary/aromatic N) is 2. The Morgan fingerprint density at radius 1 is 1.25 bits per heavy atom. The van der Waals surface area contributed by atoms with Crippen molar-refractivity contribution in [2.45, 2.75) is 32.6 Å². The third kappa shape index (κ3) is 3.44. The number of aromatic amines is 1. The molecular formula is C15H20N4O. The van der Waals surface area contributed by atoms with E-state index in [0.29, 0.717) is 6.54 Å². The molecule has 2 rings (SSSR count). The number of hydrogen-bond acceptors (Lipinski definition) is 3. The summed E-state index contributed by atoms with van der Waals surface area (Å²) in [4.78, 5) is 16.1. The predicted octanol–water partition coefficient (Wildman–Crippen LogP) is 2.46. The second-order valence-corrected chi connectivity index (χ2v) is 5.22. The maximum Gasteiger partial charge on any atom is 0.290 e. The van der Waals surface area contributed by atoms with Gasteiger partial charge in [-0.15, -0.1) is 5.10 Å². The molecule has 0 aliphatic heterocycles. The monoisotopic (exact) mass is 272 g/mol. The molecule has 0 aliphatic rings. The average molecular weight is 272 g/mol. The van der Waals surface area contributed by atoms with Gasteiger partial charge in [0.15, 0.2) is 0 Å². The predicted molar refractivity (Wildman–Crippen MR) is 77.7 cm³/mol. The van der Waals surface area contributed by atoms with Gasteiger partial charge in [-0.25, -0.2) is 4.98 Å². The summed E-state index contributed by atoms with van der Waals surface area (Å²) in [7, 11) is 0. The summed E-state index contributed by atoms with van der Waals surface area (Å²) in [6, 6.07) is 10.1. The molecule has 1 aromatic carbocycles. The molecule has 1 heterocycles. The highest BCUT2D eigenvalue weighted by Crippen LogP contribution is 2.13. The minimum absolute atomic E-state index is 0.203. The fourth-order valence-electron chi connectivity index (χ4n) is 1.86. The summed E-state index contributed by atoms with van der Waals surface area (Å²) in [5.41, 5.74) is 1.20. The highest BCUT2D eigenvalue weighted by Gasteiger charge is 2.15. The molecule has 1 amide bonds. The molecule has 0 saturated heterocycles. The molecule has 0 bridgehead atoms. The van der Waals surface area contributed by atoms with Crippen LogP contribution in [-0.4, -0.2) is 27.6 Å². The first-order chi connectivity index (χ1) is 9.58. The number of carbonyl (C=O) groups excluding carboxylic acids is 1. The van der Waals surface area contributed by atoms with Crippen molar-refractivity contribution in [3.8, 4) is 0 Å². The minimum atomic E-state index is -0.240. The number of H-pyrrole nitrogens is 1. The molecule has 5 nitrogen and oxygen atoms in total. The van der Waals surface area contributed by atoms with E-state index in [1.807, 2.05) is 32.0 Å². The molecule has 1 atom stereocenters. The Balaban J connectivity index is 1.91. The van der Waals surface area contributed by atoms with Crippen molar-refractivity contribution in [1.29, 1.82) is 0 Å². The van der Waals surface area contributed by atoms with Gasteiger partial charge in [-0.3, -0.25) is 9.89 Å². The van der Waals surface area contributed by atoms with Gasteiger partial charge >= 0.3 is 0 Å². The average Bonchev–Trinajstić information content (AvgIpc) is 2.95. The van der Waals surface area contributed by atoms with Crippen LogP contribution in [0.5, 0.6) is 0 Å². The van der Waals surface area contributed by atoms with Crippen LogP contribution >= 0.6 is 0 Å². The highest BCUT2D eigenvalue weighted by molar-refractivity contribution is 5.90. The Bertz CT molecular complexity index is 562. The van der Waals surface area contributed by atoms with E-state index < -0.39 is 0 Å². The summed E-state index contributed by atoms with van der Waals surface area (Å²) >= 11 is 0. The molecule has 20 heavy (non-hydrogen) atoms. The Labute approximate surface area is 118 Å². The van der Waals surface area contributed by atoms with Crippen molar-refractivity contribution >= 4 is 5.91 Å². The lowest BCUT2D eigenvalue weighted by Crippen LogP contribution is -2.28. The molecule has 106 valence electrons. The zero-order chi connectivity index (χ0) is 14.5. The van der Waals surface area contributed by atoms with Crippen molar-refractivity contribution in [1.82, 2.24) is 20.5 Å². The van der Waals surface area contributed by atoms with Crippen LogP contribution < -0.4 is 5.32 Å². The van der Waals surface area contributed by atoms with Crippen molar-refractivity contribution in [2.75, 3.05) is 6.54 Å². The van der Waals surface area contributed by atoms with Gasteiger partial charge in [0.05, 0.1) is 0 Å². The van der Waals surface area contributed by atoms with Gasteiger partial charge in [-0.05, 0) is 11.5 Å². The molecule has 0 fully saturated rings. The topological polar surface area (TPSA) is 70.7 Å². The van der Waals surface area contributed by atoms with E-state index in [4.69, 9.17) is 0 Å². The van der Waals surface area contributed by atoms with Crippen LogP contribution in [0.25, 0.3) is 0 Å². The lowest BCUT2D eigenvalue weighted by atomic mass is 10.0. The van der Waals surface area contributed by atoms with Crippen LogP contribution in [0.15, 0.2) is 30.3 Å². The standard InChI is InChI=1S/C15H20N4O/c1-10(2)13-17-14(19-18-13)15(20)16-9-11(3)12-7-5-4-6-8-12/h4-8,10-11H,9H2,1-3H3,(H,16,20)(H,17,18,19). The van der Waals surface area contributed by atoms with Gasteiger partial charge in [-0.2, -0.15) is 0 Å². The molecule has 1 aromatic heterocycles. The van der Waals surface area contributed by atoms with E-state index in [0.717, 1.165) is 5.82 Å². The van der Waals surface area contributed by atoms with Crippen molar-refractivity contribution < 1.29 is 4.79 Å². The molecule has 0 saturated carbocycles. The van der Waals surface area contributed by atoms with Crippen molar-refractivity contribution in [2.24, 2.45) is 0 Å². The van der Waals surface area contributed by atoms with E-state index in [1.165, 1.54) is 5.56 Å². The number of rotatable bonds is 5. The number of nitrogens with one attached hydrogen (secondary N) is 2. The zero-order valence-electron chi connectivity index (χ0n) is 12.1. The van der Waals surface area contributed by atoms with Gasteiger partial charge in [0.2, 0.25) is 5.82 Å². The van der Waals surface area contributed by atoms with Crippen LogP contribution in [-0.2, 0) is 0 Å². The lowest BCUT2D eigenvalue weighted by Gasteiger charge is -2.11. The van der Waals surface area contributed by atoms with Crippen LogP contribution in [0.3, 0.4) is 0 Å². The van der Waals surface area contributed by atoms with Crippen molar-refractivity contribution in [3.63, 3.8) is 0 Å². The molecule has 2 aromatic rings. The van der Waals surface area contributed by atoms with E-state index in [2.05, 4.69) is 39.6 Å². The Kier molecular flexibility index (Phi) is 4.50. The summed E-state index contributed by atoms with van der Waals surface area (Å²) in [6.45, 7) is 6.64. The number of benzene rings is 1. The van der Waals surface area contributed by atoms with E-state index in [1.54, 1.807) is 0 Å². The molecule has 0 spiro atoms. The first-order valence-corrected chi connectivity index (χ1v) is 6.83. The van der Waals surface area contributed by atoms with Gasteiger partial charge in [0, 0.05) is 12.5 Å². The second kappa shape index (κ2) is 6.32. The molecule has 2 N–H and O–H groups in total. The lowest BCUT2D eigenvalue weighted by molar-refractivity contribution is 0.0941. The van der Waals surface area contributed by atoms with Crippen LogP contribution in [0.4, 0.5) is 0 Å². The van der Waals surface area contributed by atoms with Gasteiger partial charge in [-0.1, -0.05) is 51.1 Å². The van der Waals surface area contributed by atoms with E-state index in [9.17, 15) is 4.79 Å². The third-order valence-electron chi connectivity index (χ3n) is 3.19. The quantitative estimate of drug-likeness (QED) is 0.878. The van der Waals surface area contributed by atoms with Gasteiger partial charge in [0.1, 0.15) is 5.82 Å². The molecular weight excluding hydrogens is 252 g/mol. The normalized spacial score (nSPS) is 12.4. The number of amides is 1. The van der Waals surface area contributed by atoms with Crippen LogP contribution in [0.1, 0.15) is 54.6 Å². The fraction of sp³-hybridized carbons (Fsp3) is 0.400. The molecule has 5 heteroatoms. The first-order valence-electron chi connectivity index (χ1n) is 6.83. The molecule has 0 radical (unpaired) electrons. The summed E-state index contributed by atoms with van der Waals surface area (Å²) in [5, 5.41) is 9.59. The first kappa shape index (κ1) is 14.2. The number of hydrogen-bond donors (Lipinski definition) is 2. The van der Waals surface area contributed by atoms with Gasteiger partial charge in [0.25, 0.3) is 5.91 Å². The third-order valence-corrected chi connectivity index (χ3v) is 3.19. The SMILES string of the molecule is CC(C)c1nc(C(=O)NCC(C)c2ccccc2)n[nH]1. The van der Waals surface area contributed by atoms with E-state index >= 15 is 0 Å². The maximum absolute atomic E-state index is 12.0. The molecule has 1 unspecified atom stereocenters. The second-order valence-electron chi connectivity index (χ2n) is 5.22. The maximum atomic E-state index is 12.0. The van der Waals surface area contributed by atoms with Crippen LogP contribution in [0.2, 0.25) is 0 Å².